The predicted octanol–water partition coefficient (Wildman–Crippen LogP) is 1.72. The van der Waals surface area contributed by atoms with E-state index in [0.717, 1.165) is 12.0 Å². The lowest BCUT2D eigenvalue weighted by atomic mass is 10.1. The Labute approximate surface area is 163 Å². The van der Waals surface area contributed by atoms with E-state index in [-0.39, 0.29) is 23.1 Å². The highest BCUT2D eigenvalue weighted by molar-refractivity contribution is 6.30. The van der Waals surface area contributed by atoms with Gasteiger partial charge in [-0.05, 0) is 49.6 Å². The smallest absolute Gasteiger partial charge is 0.263 e. The molecule has 2 rings (SSSR count). The van der Waals surface area contributed by atoms with Crippen molar-refractivity contribution in [3.8, 4) is 0 Å². The summed E-state index contributed by atoms with van der Waals surface area (Å²) in [6.07, 6.45) is 3.08. The highest BCUT2D eigenvalue weighted by Crippen LogP contribution is 2.11. The Balaban J connectivity index is 2.02. The third-order valence-corrected chi connectivity index (χ3v) is 4.21. The number of pyridine rings is 1. The third-order valence-electron chi connectivity index (χ3n) is 3.97. The Bertz CT molecular complexity index is 874. The normalized spacial score (nSPS) is 11.6. The van der Waals surface area contributed by atoms with E-state index in [1.165, 1.54) is 10.6 Å². The molecular weight excluding hydrogens is 366 g/mol. The molecule has 0 aliphatic rings. The van der Waals surface area contributed by atoms with E-state index in [9.17, 15) is 9.59 Å². The minimum atomic E-state index is -0.394. The minimum Gasteiger partial charge on any atom is -0.370 e. The lowest BCUT2D eigenvalue weighted by molar-refractivity contribution is 0.0936. The molecule has 1 atom stereocenters. The van der Waals surface area contributed by atoms with Gasteiger partial charge in [0.15, 0.2) is 5.96 Å². The molecule has 1 amide bonds. The van der Waals surface area contributed by atoms with Crippen LogP contribution in [0.4, 0.5) is 0 Å². The van der Waals surface area contributed by atoms with Gasteiger partial charge in [0.05, 0.1) is 6.54 Å². The van der Waals surface area contributed by atoms with Crippen LogP contribution < -0.4 is 22.3 Å². The van der Waals surface area contributed by atoms with Crippen LogP contribution in [0.1, 0.15) is 35.7 Å². The second kappa shape index (κ2) is 9.78. The molecule has 0 spiro atoms. The van der Waals surface area contributed by atoms with Crippen LogP contribution in [0, 0.1) is 0 Å². The number of rotatable bonds is 8. The third kappa shape index (κ3) is 6.45. The number of hydrogen-bond acceptors (Lipinski definition) is 3. The number of hydrogen-bond donors (Lipinski definition) is 3. The van der Waals surface area contributed by atoms with Gasteiger partial charge in [0.2, 0.25) is 0 Å². The molecule has 1 unspecified atom stereocenters. The number of amides is 1. The average molecular weight is 390 g/mol. The van der Waals surface area contributed by atoms with Gasteiger partial charge >= 0.3 is 0 Å². The van der Waals surface area contributed by atoms with Crippen LogP contribution in [0.25, 0.3) is 0 Å². The summed E-state index contributed by atoms with van der Waals surface area (Å²) in [6.45, 7) is 2.72. The van der Waals surface area contributed by atoms with Crippen molar-refractivity contribution in [3.05, 3.63) is 69.1 Å². The molecule has 0 fully saturated rings. The Morgan fingerprint density at radius 1 is 1.30 bits per heavy atom. The highest BCUT2D eigenvalue weighted by atomic mass is 35.5. The Morgan fingerprint density at radius 3 is 2.78 bits per heavy atom. The van der Waals surface area contributed by atoms with Gasteiger partial charge in [-0.25, -0.2) is 0 Å². The van der Waals surface area contributed by atoms with E-state index in [1.807, 2.05) is 19.1 Å². The lowest BCUT2D eigenvalue weighted by Crippen LogP contribution is -2.37. The molecule has 1 aromatic heterocycles. The van der Waals surface area contributed by atoms with Crippen LogP contribution >= 0.6 is 11.6 Å². The topological polar surface area (TPSA) is 116 Å². The molecule has 0 saturated heterocycles. The summed E-state index contributed by atoms with van der Waals surface area (Å²) in [7, 11) is 0. The van der Waals surface area contributed by atoms with E-state index in [1.54, 1.807) is 24.4 Å². The molecule has 0 bridgehead atoms. The van der Waals surface area contributed by atoms with E-state index in [4.69, 9.17) is 23.1 Å². The average Bonchev–Trinajstić information content (AvgIpc) is 2.60. The molecule has 0 saturated carbocycles. The van der Waals surface area contributed by atoms with Crippen molar-refractivity contribution in [3.63, 3.8) is 0 Å². The first kappa shape index (κ1) is 20.5. The number of aromatic nitrogens is 1. The maximum atomic E-state index is 12.6. The number of benzene rings is 1. The van der Waals surface area contributed by atoms with E-state index >= 15 is 0 Å². The maximum absolute atomic E-state index is 12.6. The van der Waals surface area contributed by atoms with Gasteiger partial charge in [-0.3, -0.25) is 14.6 Å². The summed E-state index contributed by atoms with van der Waals surface area (Å²) in [6, 6.07) is 10.4. The second-order valence-electron chi connectivity index (χ2n) is 6.31. The van der Waals surface area contributed by atoms with Gasteiger partial charge in [-0.1, -0.05) is 23.7 Å². The summed E-state index contributed by atoms with van der Waals surface area (Å²) >= 11 is 5.99. The van der Waals surface area contributed by atoms with Gasteiger partial charge < -0.3 is 21.4 Å². The van der Waals surface area contributed by atoms with Crippen molar-refractivity contribution in [2.24, 2.45) is 16.5 Å². The van der Waals surface area contributed by atoms with Gasteiger partial charge in [-0.15, -0.1) is 0 Å². The second-order valence-corrected chi connectivity index (χ2v) is 6.74. The molecular formula is C19H24ClN5O2. The van der Waals surface area contributed by atoms with Crippen LogP contribution in [-0.4, -0.2) is 29.0 Å². The monoisotopic (exact) mass is 389 g/mol. The first-order chi connectivity index (χ1) is 12.9. The molecule has 7 nitrogen and oxygen atoms in total. The number of nitrogens with zero attached hydrogens (tertiary/aromatic N) is 2. The van der Waals surface area contributed by atoms with Crippen molar-refractivity contribution in [2.45, 2.75) is 32.4 Å². The summed E-state index contributed by atoms with van der Waals surface area (Å²) in [5.41, 5.74) is 11.2. The minimum absolute atomic E-state index is 0.0521. The molecule has 144 valence electrons. The van der Waals surface area contributed by atoms with Crippen LogP contribution in [0.5, 0.6) is 0 Å². The fraction of sp³-hybridized carbons (Fsp3) is 0.316. The van der Waals surface area contributed by atoms with Crippen LogP contribution in [0.2, 0.25) is 5.02 Å². The highest BCUT2D eigenvalue weighted by Gasteiger charge is 2.14. The van der Waals surface area contributed by atoms with Gasteiger partial charge in [0, 0.05) is 23.8 Å². The summed E-state index contributed by atoms with van der Waals surface area (Å²) < 4.78 is 1.49. The number of halogens is 1. The van der Waals surface area contributed by atoms with Gasteiger partial charge in [0.25, 0.3) is 11.5 Å². The molecule has 0 aliphatic carbocycles. The summed E-state index contributed by atoms with van der Waals surface area (Å²) in [4.78, 5) is 29.0. The number of guanidine groups is 1. The number of aliphatic imine (C=N–C) groups is 1. The molecule has 2 aromatic rings. The van der Waals surface area contributed by atoms with Gasteiger partial charge in [-0.2, -0.15) is 0 Å². The molecule has 1 aromatic carbocycles. The molecule has 27 heavy (non-hydrogen) atoms. The van der Waals surface area contributed by atoms with Crippen molar-refractivity contribution < 1.29 is 4.79 Å². The quantitative estimate of drug-likeness (QED) is 0.362. The molecule has 0 radical (unpaired) electrons. The van der Waals surface area contributed by atoms with Crippen LogP contribution in [0.3, 0.4) is 0 Å². The maximum Gasteiger partial charge on any atom is 0.263 e. The van der Waals surface area contributed by atoms with Crippen molar-refractivity contribution >= 4 is 23.5 Å². The summed E-state index contributed by atoms with van der Waals surface area (Å²) in [5.74, 6) is -0.342. The molecule has 1 heterocycles. The van der Waals surface area contributed by atoms with Crippen molar-refractivity contribution in [2.75, 3.05) is 6.54 Å². The number of carbonyl (C=O) groups excluding carboxylic acids is 1. The van der Waals surface area contributed by atoms with E-state index in [2.05, 4.69) is 10.3 Å². The SMILES string of the molecule is CC(CCCN=C(N)N)NC(=O)c1cccn(Cc2cccc(Cl)c2)c1=O. The Hall–Kier alpha value is -2.80. The van der Waals surface area contributed by atoms with Crippen molar-refractivity contribution in [1.82, 2.24) is 9.88 Å². The first-order valence-corrected chi connectivity index (χ1v) is 9.04. The first-order valence-electron chi connectivity index (χ1n) is 8.67. The molecule has 8 heteroatoms. The number of nitrogens with one attached hydrogen (secondary N) is 1. The Morgan fingerprint density at radius 2 is 2.07 bits per heavy atom. The number of carbonyl (C=O) groups is 1. The lowest BCUT2D eigenvalue weighted by Gasteiger charge is -2.14. The zero-order chi connectivity index (χ0) is 19.8. The molecule has 0 aliphatic heterocycles. The fourth-order valence-electron chi connectivity index (χ4n) is 2.65. The molecule has 5 N–H and O–H groups in total. The van der Waals surface area contributed by atoms with Crippen molar-refractivity contribution in [1.29, 1.82) is 0 Å². The van der Waals surface area contributed by atoms with Crippen LogP contribution in [-0.2, 0) is 6.54 Å². The zero-order valence-corrected chi connectivity index (χ0v) is 15.9. The Kier molecular flexibility index (Phi) is 7.43. The van der Waals surface area contributed by atoms with E-state index in [0.29, 0.717) is 24.5 Å². The van der Waals surface area contributed by atoms with Crippen LogP contribution in [0.15, 0.2) is 52.4 Å². The fourth-order valence-corrected chi connectivity index (χ4v) is 2.86. The van der Waals surface area contributed by atoms with Gasteiger partial charge in [0.1, 0.15) is 5.56 Å². The summed E-state index contributed by atoms with van der Waals surface area (Å²) in [5, 5.41) is 3.44. The number of nitrogens with two attached hydrogens (primary N) is 2. The van der Waals surface area contributed by atoms with E-state index < -0.39 is 5.91 Å². The predicted molar refractivity (Wildman–Crippen MR) is 108 cm³/mol. The zero-order valence-electron chi connectivity index (χ0n) is 15.2. The largest absolute Gasteiger partial charge is 0.370 e. The standard InChI is InChI=1S/C19H24ClN5O2/c1-13(5-3-9-23-19(21)22)24-17(26)16-8-4-10-25(18(16)27)12-14-6-2-7-15(20)11-14/h2,4,6-8,10-11,13H,3,5,9,12H2,1H3,(H,24,26)(H4,21,22,23).